The van der Waals surface area contributed by atoms with Gasteiger partial charge in [0.1, 0.15) is 0 Å². The van der Waals surface area contributed by atoms with Crippen molar-refractivity contribution in [3.63, 3.8) is 0 Å². The van der Waals surface area contributed by atoms with E-state index < -0.39 is 20.2 Å². The molecule has 0 amide bonds. The first-order chi connectivity index (χ1) is 10.8. The van der Waals surface area contributed by atoms with Crippen molar-refractivity contribution < 1.29 is 25.2 Å². The zero-order chi connectivity index (χ0) is 17.3. The van der Waals surface area contributed by atoms with Crippen molar-refractivity contribution in [1.29, 1.82) is 0 Å². The van der Waals surface area contributed by atoms with Gasteiger partial charge in [-0.15, -0.1) is 11.3 Å². The lowest BCUT2D eigenvalue weighted by Crippen LogP contribution is -2.16. The molecule has 0 aromatic carbocycles. The Morgan fingerprint density at radius 2 is 1.26 bits per heavy atom. The van der Waals surface area contributed by atoms with Crippen molar-refractivity contribution in [2.75, 3.05) is 11.5 Å². The van der Waals surface area contributed by atoms with Crippen molar-refractivity contribution in [1.82, 2.24) is 0 Å². The molecule has 1 heterocycles. The molecule has 1 aromatic rings. The summed E-state index contributed by atoms with van der Waals surface area (Å²) in [6, 6.07) is 0. The predicted molar refractivity (Wildman–Crippen MR) is 92.2 cm³/mol. The van der Waals surface area contributed by atoms with Gasteiger partial charge in [-0.25, -0.2) is 0 Å². The maximum Gasteiger partial charge on any atom is 0.309 e. The lowest BCUT2D eigenvalue weighted by atomic mass is 10.2. The Bertz CT molecular complexity index is 660. The van der Waals surface area contributed by atoms with Crippen LogP contribution in [-0.4, -0.2) is 28.3 Å². The molecular formula is C14H24O6S3. The minimum absolute atomic E-state index is 0.0643. The molecule has 0 atom stereocenters. The van der Waals surface area contributed by atoms with Crippen LogP contribution < -0.4 is 8.37 Å². The Labute approximate surface area is 143 Å². The molecule has 0 unspecified atom stereocenters. The Morgan fingerprint density at radius 3 is 1.74 bits per heavy atom. The minimum Gasteiger partial charge on any atom is -0.377 e. The fourth-order valence-electron chi connectivity index (χ4n) is 1.78. The fraction of sp³-hybridized carbons (Fsp3) is 0.714. The normalized spacial score (nSPS) is 12.3. The van der Waals surface area contributed by atoms with E-state index in [9.17, 15) is 16.8 Å². The molecule has 1 rings (SSSR count). The third-order valence-corrected chi connectivity index (χ3v) is 6.17. The largest absolute Gasteiger partial charge is 0.377 e. The molecule has 0 bridgehead atoms. The highest BCUT2D eigenvalue weighted by atomic mass is 32.2. The lowest BCUT2D eigenvalue weighted by molar-refractivity contribution is 0.449. The quantitative estimate of drug-likeness (QED) is 0.405. The van der Waals surface area contributed by atoms with Crippen molar-refractivity contribution in [3.05, 3.63) is 10.8 Å². The van der Waals surface area contributed by atoms with E-state index in [1.54, 1.807) is 0 Å². The molecule has 0 fully saturated rings. The van der Waals surface area contributed by atoms with Crippen LogP contribution in [-0.2, 0) is 20.2 Å². The molecule has 0 aliphatic carbocycles. The van der Waals surface area contributed by atoms with Crippen LogP contribution in [0, 0.1) is 0 Å². The van der Waals surface area contributed by atoms with E-state index in [0.29, 0.717) is 12.8 Å². The lowest BCUT2D eigenvalue weighted by Gasteiger charge is -2.09. The van der Waals surface area contributed by atoms with E-state index in [2.05, 4.69) is 0 Å². The smallest absolute Gasteiger partial charge is 0.309 e. The summed E-state index contributed by atoms with van der Waals surface area (Å²) in [4.78, 5) is 0. The van der Waals surface area contributed by atoms with Gasteiger partial charge in [0.15, 0.2) is 11.5 Å². The molecule has 23 heavy (non-hydrogen) atoms. The molecule has 134 valence electrons. The molecule has 0 saturated carbocycles. The monoisotopic (exact) mass is 384 g/mol. The second-order valence-electron chi connectivity index (χ2n) is 5.20. The molecule has 0 aliphatic heterocycles. The van der Waals surface area contributed by atoms with Gasteiger partial charge < -0.3 is 8.37 Å². The highest BCUT2D eigenvalue weighted by molar-refractivity contribution is 7.87. The van der Waals surface area contributed by atoms with Gasteiger partial charge in [0.25, 0.3) is 0 Å². The van der Waals surface area contributed by atoms with E-state index in [1.165, 1.54) is 10.8 Å². The van der Waals surface area contributed by atoms with Crippen LogP contribution in [0.1, 0.15) is 52.4 Å². The van der Waals surface area contributed by atoms with E-state index in [-0.39, 0.29) is 23.0 Å². The summed E-state index contributed by atoms with van der Waals surface area (Å²) in [6.45, 7) is 3.92. The van der Waals surface area contributed by atoms with Crippen molar-refractivity contribution in [3.8, 4) is 11.5 Å². The van der Waals surface area contributed by atoms with Gasteiger partial charge in [0.2, 0.25) is 0 Å². The molecule has 1 aromatic heterocycles. The van der Waals surface area contributed by atoms with Crippen molar-refractivity contribution in [2.45, 2.75) is 52.4 Å². The number of unbranched alkanes of at least 4 members (excludes halogenated alkanes) is 4. The fourth-order valence-corrected chi connectivity index (χ4v) is 4.72. The van der Waals surface area contributed by atoms with Gasteiger partial charge in [-0.1, -0.05) is 39.5 Å². The SMILES string of the molecule is CCCCCCS(=O)(=O)Oc1cscc1OS(=O)(=O)CCCC. The minimum atomic E-state index is -3.75. The Balaban J connectivity index is 2.67. The molecule has 0 N–H and O–H groups in total. The van der Waals surface area contributed by atoms with Gasteiger partial charge >= 0.3 is 20.2 Å². The molecule has 6 nitrogen and oxygen atoms in total. The van der Waals surface area contributed by atoms with Gasteiger partial charge in [0, 0.05) is 10.8 Å². The van der Waals surface area contributed by atoms with E-state index >= 15 is 0 Å². The summed E-state index contributed by atoms with van der Waals surface area (Å²) in [6.07, 6.45) is 4.53. The molecule has 0 saturated heterocycles. The average molecular weight is 385 g/mol. The van der Waals surface area contributed by atoms with Crippen LogP contribution in [0.5, 0.6) is 11.5 Å². The van der Waals surface area contributed by atoms with Crippen LogP contribution in [0.15, 0.2) is 10.8 Å². The highest BCUT2D eigenvalue weighted by Crippen LogP contribution is 2.34. The zero-order valence-corrected chi connectivity index (χ0v) is 15.9. The number of rotatable bonds is 12. The van der Waals surface area contributed by atoms with Crippen LogP contribution in [0.2, 0.25) is 0 Å². The van der Waals surface area contributed by atoms with Crippen LogP contribution in [0.25, 0.3) is 0 Å². The van der Waals surface area contributed by atoms with Gasteiger partial charge in [-0.05, 0) is 12.8 Å². The van der Waals surface area contributed by atoms with Gasteiger partial charge in [-0.3, -0.25) is 0 Å². The second-order valence-corrected chi connectivity index (χ2v) is 9.33. The summed E-state index contributed by atoms with van der Waals surface area (Å²) in [5, 5.41) is 2.85. The van der Waals surface area contributed by atoms with E-state index in [4.69, 9.17) is 8.37 Å². The molecule has 9 heteroatoms. The average Bonchev–Trinajstić information content (AvgIpc) is 2.87. The topological polar surface area (TPSA) is 86.7 Å². The summed E-state index contributed by atoms with van der Waals surface area (Å²) in [5.74, 6) is -0.332. The zero-order valence-electron chi connectivity index (χ0n) is 13.5. The van der Waals surface area contributed by atoms with E-state index in [1.807, 2.05) is 13.8 Å². The Kier molecular flexibility index (Phi) is 8.35. The number of thiophene rings is 1. The number of hydrogen-bond donors (Lipinski definition) is 0. The summed E-state index contributed by atoms with van der Waals surface area (Å²) >= 11 is 1.12. The summed E-state index contributed by atoms with van der Waals surface area (Å²) < 4.78 is 57.4. The summed E-state index contributed by atoms with van der Waals surface area (Å²) in [7, 11) is -7.49. The van der Waals surface area contributed by atoms with Crippen molar-refractivity contribution in [2.24, 2.45) is 0 Å². The maximum atomic E-state index is 11.9. The molecule has 0 aliphatic rings. The van der Waals surface area contributed by atoms with E-state index in [0.717, 1.165) is 37.0 Å². The first kappa shape index (κ1) is 20.2. The van der Waals surface area contributed by atoms with Crippen LogP contribution in [0.3, 0.4) is 0 Å². The Morgan fingerprint density at radius 1 is 0.783 bits per heavy atom. The second kappa shape index (κ2) is 9.48. The highest BCUT2D eigenvalue weighted by Gasteiger charge is 2.21. The third kappa shape index (κ3) is 8.03. The standard InChI is InChI=1S/C14H24O6S3/c1-3-5-7-8-10-23(17,18)20-14-12-21-11-13(14)19-22(15,16)9-6-4-2/h11-12H,3-10H2,1-2H3. The maximum absolute atomic E-state index is 11.9. The molecule has 0 radical (unpaired) electrons. The first-order valence-corrected chi connectivity index (χ1v) is 11.8. The van der Waals surface area contributed by atoms with Gasteiger partial charge in [0.05, 0.1) is 11.5 Å². The molecule has 0 spiro atoms. The van der Waals surface area contributed by atoms with Crippen molar-refractivity contribution >= 4 is 31.6 Å². The van der Waals surface area contributed by atoms with Crippen LogP contribution >= 0.6 is 11.3 Å². The van der Waals surface area contributed by atoms with Gasteiger partial charge in [-0.2, -0.15) is 16.8 Å². The third-order valence-electron chi connectivity index (χ3n) is 3.02. The number of hydrogen-bond acceptors (Lipinski definition) is 7. The predicted octanol–water partition coefficient (Wildman–Crippen LogP) is 3.55. The summed E-state index contributed by atoms with van der Waals surface area (Å²) in [5.41, 5.74) is 0. The van der Waals surface area contributed by atoms with Crippen LogP contribution in [0.4, 0.5) is 0 Å². The Hall–Kier alpha value is -0.800. The first-order valence-electron chi connectivity index (χ1n) is 7.70. The molecular weight excluding hydrogens is 360 g/mol.